The van der Waals surface area contributed by atoms with E-state index >= 15 is 0 Å². The van der Waals surface area contributed by atoms with Gasteiger partial charge in [-0.1, -0.05) is 17.8 Å². The van der Waals surface area contributed by atoms with Crippen molar-refractivity contribution in [2.24, 2.45) is 11.7 Å². The number of rotatable bonds is 4. The van der Waals surface area contributed by atoms with Crippen LogP contribution in [0.1, 0.15) is 35.4 Å². The van der Waals surface area contributed by atoms with E-state index in [2.05, 4.69) is 15.2 Å². The second-order valence-corrected chi connectivity index (χ2v) is 6.69. The Bertz CT molecular complexity index is 499. The number of carbonyl (C=O) groups is 1. The van der Waals surface area contributed by atoms with Crippen LogP contribution < -0.4 is 21.7 Å². The van der Waals surface area contributed by atoms with E-state index in [0.717, 1.165) is 31.2 Å². The fraction of sp³-hybridized carbons (Fsp3) is 0.692. The van der Waals surface area contributed by atoms with Crippen LogP contribution in [0, 0.1) is 5.92 Å². The second-order valence-electron chi connectivity index (χ2n) is 5.71. The molecule has 2 heterocycles. The van der Waals surface area contributed by atoms with Gasteiger partial charge in [-0.2, -0.15) is 0 Å². The van der Waals surface area contributed by atoms with Gasteiger partial charge in [0, 0.05) is 25.7 Å². The molecule has 2 aliphatic rings. The molecular weight excluding hydrogens is 274 g/mol. The third kappa shape index (κ3) is 2.73. The molecule has 1 saturated carbocycles. The standard InChI is InChI=1S/C13H21N5OS/c14-9-4-5-18(7-9)13-17-11(15)10(20-13)12(19)16-6-8-2-1-3-8/h8-9H,1-7,14-15H2,(H,16,19). The van der Waals surface area contributed by atoms with E-state index < -0.39 is 0 Å². The lowest BCUT2D eigenvalue weighted by molar-refractivity contribution is 0.0944. The van der Waals surface area contributed by atoms with Crippen LogP contribution in [0.25, 0.3) is 0 Å². The molecule has 1 aromatic rings. The minimum Gasteiger partial charge on any atom is -0.382 e. The van der Waals surface area contributed by atoms with Crippen LogP contribution in [0.2, 0.25) is 0 Å². The highest BCUT2D eigenvalue weighted by molar-refractivity contribution is 7.18. The minimum absolute atomic E-state index is 0.0957. The Morgan fingerprint density at radius 3 is 2.85 bits per heavy atom. The third-order valence-corrected chi connectivity index (χ3v) is 5.25. The predicted molar refractivity (Wildman–Crippen MR) is 81.0 cm³/mol. The number of hydrogen-bond acceptors (Lipinski definition) is 6. The maximum absolute atomic E-state index is 12.1. The average Bonchev–Trinajstić information content (AvgIpc) is 2.93. The highest BCUT2D eigenvalue weighted by atomic mass is 32.1. The minimum atomic E-state index is -0.0957. The second kappa shape index (κ2) is 5.57. The maximum atomic E-state index is 12.1. The van der Waals surface area contributed by atoms with Crippen LogP contribution >= 0.6 is 11.3 Å². The number of nitrogen functional groups attached to an aromatic ring is 1. The number of nitrogens with one attached hydrogen (secondary N) is 1. The predicted octanol–water partition coefficient (Wildman–Crippen LogP) is 0.793. The molecule has 1 unspecified atom stereocenters. The normalized spacial score (nSPS) is 22.9. The van der Waals surface area contributed by atoms with E-state index in [1.807, 2.05) is 0 Å². The Morgan fingerprint density at radius 1 is 1.45 bits per heavy atom. The lowest BCUT2D eigenvalue weighted by atomic mass is 9.85. The Morgan fingerprint density at radius 2 is 2.25 bits per heavy atom. The van der Waals surface area contributed by atoms with Crippen molar-refractivity contribution < 1.29 is 4.79 Å². The summed E-state index contributed by atoms with van der Waals surface area (Å²) in [4.78, 5) is 19.1. The summed E-state index contributed by atoms with van der Waals surface area (Å²) in [6.07, 6.45) is 4.68. The van der Waals surface area contributed by atoms with Crippen molar-refractivity contribution in [2.75, 3.05) is 30.3 Å². The molecule has 0 spiro atoms. The van der Waals surface area contributed by atoms with Crippen molar-refractivity contribution in [1.29, 1.82) is 0 Å². The number of amides is 1. The van der Waals surface area contributed by atoms with Gasteiger partial charge < -0.3 is 21.7 Å². The van der Waals surface area contributed by atoms with Crippen molar-refractivity contribution >= 4 is 28.2 Å². The summed E-state index contributed by atoms with van der Waals surface area (Å²) in [7, 11) is 0. The lowest BCUT2D eigenvalue weighted by Gasteiger charge is -2.25. The van der Waals surface area contributed by atoms with E-state index in [4.69, 9.17) is 11.5 Å². The van der Waals surface area contributed by atoms with E-state index in [9.17, 15) is 4.79 Å². The van der Waals surface area contributed by atoms with Crippen LogP contribution in [-0.4, -0.2) is 36.6 Å². The summed E-state index contributed by atoms with van der Waals surface area (Å²) in [5.41, 5.74) is 11.8. The number of nitrogens with zero attached hydrogens (tertiary/aromatic N) is 2. The van der Waals surface area contributed by atoms with Crippen LogP contribution in [0.5, 0.6) is 0 Å². The van der Waals surface area contributed by atoms with Crippen molar-refractivity contribution in [3.63, 3.8) is 0 Å². The molecule has 0 radical (unpaired) electrons. The molecule has 0 aromatic carbocycles. The van der Waals surface area contributed by atoms with Gasteiger partial charge in [-0.25, -0.2) is 4.98 Å². The summed E-state index contributed by atoms with van der Waals surface area (Å²) in [5.74, 6) is 0.877. The van der Waals surface area contributed by atoms with Gasteiger partial charge in [-0.3, -0.25) is 4.79 Å². The molecule has 0 bridgehead atoms. The molecule has 1 aliphatic carbocycles. The zero-order valence-corrected chi connectivity index (χ0v) is 12.3. The van der Waals surface area contributed by atoms with Gasteiger partial charge in [-0.05, 0) is 25.2 Å². The molecule has 20 heavy (non-hydrogen) atoms. The molecular formula is C13H21N5OS. The largest absolute Gasteiger partial charge is 0.382 e. The third-order valence-electron chi connectivity index (χ3n) is 4.12. The smallest absolute Gasteiger partial charge is 0.265 e. The van der Waals surface area contributed by atoms with Gasteiger partial charge in [0.15, 0.2) is 5.13 Å². The Labute approximate surface area is 122 Å². The molecule has 1 aromatic heterocycles. The maximum Gasteiger partial charge on any atom is 0.265 e. The first-order valence-electron chi connectivity index (χ1n) is 7.18. The molecule has 3 rings (SSSR count). The lowest BCUT2D eigenvalue weighted by Crippen LogP contribution is -2.32. The summed E-state index contributed by atoms with van der Waals surface area (Å²) in [5, 5.41) is 3.77. The van der Waals surface area contributed by atoms with E-state index in [-0.39, 0.29) is 11.9 Å². The number of nitrogens with two attached hydrogens (primary N) is 2. The highest BCUT2D eigenvalue weighted by Gasteiger charge is 2.25. The van der Waals surface area contributed by atoms with Crippen molar-refractivity contribution in [3.8, 4) is 0 Å². The fourth-order valence-electron chi connectivity index (χ4n) is 2.59. The molecule has 5 N–H and O–H groups in total. The fourth-order valence-corrected chi connectivity index (χ4v) is 3.53. The quantitative estimate of drug-likeness (QED) is 0.763. The molecule has 6 nitrogen and oxygen atoms in total. The van der Waals surface area contributed by atoms with Gasteiger partial charge in [0.2, 0.25) is 0 Å². The van der Waals surface area contributed by atoms with Crippen LogP contribution in [0.4, 0.5) is 10.9 Å². The van der Waals surface area contributed by atoms with Gasteiger partial charge in [0.25, 0.3) is 5.91 Å². The molecule has 110 valence electrons. The molecule has 1 atom stereocenters. The average molecular weight is 295 g/mol. The Balaban J connectivity index is 1.63. The zero-order valence-electron chi connectivity index (χ0n) is 11.5. The highest BCUT2D eigenvalue weighted by Crippen LogP contribution is 2.30. The number of hydrogen-bond donors (Lipinski definition) is 3. The summed E-state index contributed by atoms with van der Waals surface area (Å²) >= 11 is 1.37. The number of aromatic nitrogens is 1. The topological polar surface area (TPSA) is 97.3 Å². The van der Waals surface area contributed by atoms with Gasteiger partial charge in [0.05, 0.1) is 0 Å². The first-order valence-corrected chi connectivity index (χ1v) is 8.00. The Kier molecular flexibility index (Phi) is 3.80. The van der Waals surface area contributed by atoms with Crippen molar-refractivity contribution in [2.45, 2.75) is 31.7 Å². The monoisotopic (exact) mass is 295 g/mol. The first kappa shape index (κ1) is 13.6. The van der Waals surface area contributed by atoms with Crippen LogP contribution in [0.15, 0.2) is 0 Å². The molecule has 1 saturated heterocycles. The van der Waals surface area contributed by atoms with Crippen LogP contribution in [0.3, 0.4) is 0 Å². The van der Waals surface area contributed by atoms with Gasteiger partial charge in [0.1, 0.15) is 10.7 Å². The molecule has 7 heteroatoms. The summed E-state index contributed by atoms with van der Waals surface area (Å²) in [6, 6.07) is 0.191. The number of anilines is 2. The Hall–Kier alpha value is -1.34. The van der Waals surface area contributed by atoms with E-state index in [1.54, 1.807) is 0 Å². The van der Waals surface area contributed by atoms with Gasteiger partial charge >= 0.3 is 0 Å². The molecule has 2 fully saturated rings. The first-order chi connectivity index (χ1) is 9.63. The zero-order chi connectivity index (χ0) is 14.1. The van der Waals surface area contributed by atoms with Crippen molar-refractivity contribution in [1.82, 2.24) is 10.3 Å². The summed E-state index contributed by atoms with van der Waals surface area (Å²) in [6.45, 7) is 2.42. The van der Waals surface area contributed by atoms with E-state index in [0.29, 0.717) is 16.6 Å². The van der Waals surface area contributed by atoms with Crippen LogP contribution in [-0.2, 0) is 0 Å². The van der Waals surface area contributed by atoms with E-state index in [1.165, 1.54) is 30.6 Å². The SMILES string of the molecule is Nc1nc(N2CCC(N)C2)sc1C(=O)NCC1CCC1. The molecule has 1 aliphatic heterocycles. The molecule has 1 amide bonds. The number of thiazole rings is 1. The number of carbonyl (C=O) groups excluding carboxylic acids is 1. The van der Waals surface area contributed by atoms with Crippen molar-refractivity contribution in [3.05, 3.63) is 4.88 Å². The van der Waals surface area contributed by atoms with Gasteiger partial charge in [-0.15, -0.1) is 0 Å². The summed E-state index contributed by atoms with van der Waals surface area (Å²) < 4.78 is 0.